The first-order chi connectivity index (χ1) is 7.47. The maximum Gasteiger partial charge on any atom is 0.319 e. The monoisotopic (exact) mass is 228 g/mol. The van der Waals surface area contributed by atoms with Crippen LogP contribution in [0.5, 0.6) is 0 Å². The maximum atomic E-state index is 11.9. The van der Waals surface area contributed by atoms with Crippen molar-refractivity contribution in [3.05, 3.63) is 0 Å². The SMILES string of the molecule is CCCN(C)C(=O)N1C[C@@H](C)[C@H](C(=O)O)C1. The number of rotatable bonds is 3. The lowest BCUT2D eigenvalue weighted by atomic mass is 9.99. The predicted molar refractivity (Wildman–Crippen MR) is 60.2 cm³/mol. The van der Waals surface area contributed by atoms with Crippen LogP contribution < -0.4 is 0 Å². The van der Waals surface area contributed by atoms with E-state index in [0.717, 1.165) is 6.42 Å². The molecule has 5 nitrogen and oxygen atoms in total. The Balaban J connectivity index is 2.58. The molecule has 0 radical (unpaired) electrons. The molecular formula is C11H20N2O3. The molecule has 0 aromatic heterocycles. The number of urea groups is 1. The number of carboxylic acid groups (broad SMARTS) is 1. The average Bonchev–Trinajstić information content (AvgIpc) is 2.59. The van der Waals surface area contributed by atoms with Gasteiger partial charge in [-0.15, -0.1) is 0 Å². The minimum absolute atomic E-state index is 0.0384. The summed E-state index contributed by atoms with van der Waals surface area (Å²) in [5, 5.41) is 8.97. The Hall–Kier alpha value is -1.26. The maximum absolute atomic E-state index is 11.9. The van der Waals surface area contributed by atoms with Crippen LogP contribution >= 0.6 is 0 Å². The number of amides is 2. The third-order valence-corrected chi connectivity index (χ3v) is 3.09. The van der Waals surface area contributed by atoms with Crippen LogP contribution in [0.1, 0.15) is 20.3 Å². The molecule has 5 heteroatoms. The summed E-state index contributed by atoms with van der Waals surface area (Å²) in [6.07, 6.45) is 0.911. The lowest BCUT2D eigenvalue weighted by molar-refractivity contribution is -0.142. The van der Waals surface area contributed by atoms with Gasteiger partial charge < -0.3 is 14.9 Å². The molecule has 0 unspecified atom stereocenters. The number of aliphatic carboxylic acids is 1. The van der Waals surface area contributed by atoms with Crippen molar-refractivity contribution in [2.45, 2.75) is 20.3 Å². The zero-order valence-electron chi connectivity index (χ0n) is 10.1. The van der Waals surface area contributed by atoms with Crippen molar-refractivity contribution >= 4 is 12.0 Å². The van der Waals surface area contributed by atoms with Gasteiger partial charge in [-0.3, -0.25) is 4.79 Å². The van der Waals surface area contributed by atoms with Crippen LogP contribution in [0.15, 0.2) is 0 Å². The van der Waals surface area contributed by atoms with Crippen molar-refractivity contribution in [1.29, 1.82) is 0 Å². The van der Waals surface area contributed by atoms with E-state index >= 15 is 0 Å². The van der Waals surface area contributed by atoms with E-state index in [0.29, 0.717) is 19.6 Å². The minimum Gasteiger partial charge on any atom is -0.481 e. The molecule has 2 amide bonds. The Morgan fingerprint density at radius 2 is 2.06 bits per heavy atom. The summed E-state index contributed by atoms with van der Waals surface area (Å²) in [4.78, 5) is 26.1. The first kappa shape index (κ1) is 12.8. The summed E-state index contributed by atoms with van der Waals surface area (Å²) in [5.74, 6) is -1.18. The second-order valence-electron chi connectivity index (χ2n) is 4.53. The number of carboxylic acids is 1. The Morgan fingerprint density at radius 1 is 1.44 bits per heavy atom. The summed E-state index contributed by atoms with van der Waals surface area (Å²) in [6, 6.07) is -0.0579. The van der Waals surface area contributed by atoms with Crippen molar-refractivity contribution in [1.82, 2.24) is 9.80 Å². The normalized spacial score (nSPS) is 24.6. The summed E-state index contributed by atoms with van der Waals surface area (Å²) in [6.45, 7) is 5.48. The summed E-state index contributed by atoms with van der Waals surface area (Å²) < 4.78 is 0. The van der Waals surface area contributed by atoms with Crippen molar-refractivity contribution in [2.24, 2.45) is 11.8 Å². The van der Waals surface area contributed by atoms with Crippen LogP contribution in [-0.4, -0.2) is 53.6 Å². The molecule has 0 aliphatic carbocycles. The van der Waals surface area contributed by atoms with Gasteiger partial charge in [0.1, 0.15) is 0 Å². The molecule has 0 aromatic rings. The molecule has 92 valence electrons. The third kappa shape index (κ3) is 2.65. The molecule has 0 spiro atoms. The number of hydrogen-bond donors (Lipinski definition) is 1. The standard InChI is InChI=1S/C11H20N2O3/c1-4-5-12(3)11(16)13-6-8(2)9(7-13)10(14)15/h8-9H,4-7H2,1-3H3,(H,14,15)/t8-,9-/m1/s1. The van der Waals surface area contributed by atoms with E-state index in [2.05, 4.69) is 0 Å². The Morgan fingerprint density at radius 3 is 2.50 bits per heavy atom. The van der Waals surface area contributed by atoms with E-state index in [9.17, 15) is 9.59 Å². The predicted octanol–water partition coefficient (Wildman–Crippen LogP) is 1.10. The van der Waals surface area contributed by atoms with Gasteiger partial charge in [-0.25, -0.2) is 4.79 Å². The van der Waals surface area contributed by atoms with Crippen LogP contribution in [0.2, 0.25) is 0 Å². The Bertz CT molecular complexity index is 280. The molecule has 1 aliphatic heterocycles. The van der Waals surface area contributed by atoms with Crippen LogP contribution in [0.3, 0.4) is 0 Å². The van der Waals surface area contributed by atoms with Gasteiger partial charge in [-0.2, -0.15) is 0 Å². The fourth-order valence-electron chi connectivity index (χ4n) is 2.12. The number of hydrogen-bond acceptors (Lipinski definition) is 2. The van der Waals surface area contributed by atoms with Crippen molar-refractivity contribution in [3.8, 4) is 0 Å². The molecule has 1 saturated heterocycles. The summed E-state index contributed by atoms with van der Waals surface area (Å²) >= 11 is 0. The molecule has 1 rings (SSSR count). The van der Waals surface area contributed by atoms with Gasteiger partial charge in [0.05, 0.1) is 5.92 Å². The molecule has 1 N–H and O–H groups in total. The first-order valence-corrected chi connectivity index (χ1v) is 5.70. The Labute approximate surface area is 96.0 Å². The summed E-state index contributed by atoms with van der Waals surface area (Å²) in [7, 11) is 1.75. The zero-order chi connectivity index (χ0) is 12.3. The van der Waals surface area contributed by atoms with Gasteiger partial charge in [0.25, 0.3) is 0 Å². The van der Waals surface area contributed by atoms with Gasteiger partial charge in [0, 0.05) is 26.7 Å². The summed E-state index contributed by atoms with van der Waals surface area (Å²) in [5.41, 5.74) is 0. The van der Waals surface area contributed by atoms with Gasteiger partial charge in [0.2, 0.25) is 0 Å². The number of likely N-dealkylation sites (tertiary alicyclic amines) is 1. The van der Waals surface area contributed by atoms with Crippen molar-refractivity contribution < 1.29 is 14.7 Å². The van der Waals surface area contributed by atoms with E-state index < -0.39 is 11.9 Å². The van der Waals surface area contributed by atoms with Crippen molar-refractivity contribution in [3.63, 3.8) is 0 Å². The van der Waals surface area contributed by atoms with E-state index in [4.69, 9.17) is 5.11 Å². The van der Waals surface area contributed by atoms with Crippen LogP contribution in [0, 0.1) is 11.8 Å². The number of nitrogens with zero attached hydrogens (tertiary/aromatic N) is 2. The fourth-order valence-corrected chi connectivity index (χ4v) is 2.12. The average molecular weight is 228 g/mol. The smallest absolute Gasteiger partial charge is 0.319 e. The first-order valence-electron chi connectivity index (χ1n) is 5.70. The van der Waals surface area contributed by atoms with E-state index in [1.165, 1.54) is 0 Å². The van der Waals surface area contributed by atoms with Crippen LogP contribution in [-0.2, 0) is 4.79 Å². The molecule has 1 heterocycles. The minimum atomic E-state index is -0.805. The molecule has 1 aliphatic rings. The second-order valence-corrected chi connectivity index (χ2v) is 4.53. The topological polar surface area (TPSA) is 60.9 Å². The lowest BCUT2D eigenvalue weighted by Crippen LogP contribution is -2.40. The highest BCUT2D eigenvalue weighted by atomic mass is 16.4. The molecule has 0 bridgehead atoms. The van der Waals surface area contributed by atoms with Gasteiger partial charge >= 0.3 is 12.0 Å². The molecule has 0 saturated carbocycles. The molecular weight excluding hydrogens is 208 g/mol. The highest BCUT2D eigenvalue weighted by Gasteiger charge is 2.37. The van der Waals surface area contributed by atoms with Gasteiger partial charge in [-0.05, 0) is 12.3 Å². The van der Waals surface area contributed by atoms with Gasteiger partial charge in [0.15, 0.2) is 0 Å². The van der Waals surface area contributed by atoms with Crippen molar-refractivity contribution in [2.75, 3.05) is 26.7 Å². The number of carbonyl (C=O) groups excluding carboxylic acids is 1. The zero-order valence-corrected chi connectivity index (χ0v) is 10.1. The highest BCUT2D eigenvalue weighted by molar-refractivity contribution is 5.77. The van der Waals surface area contributed by atoms with E-state index in [-0.39, 0.29) is 11.9 Å². The quantitative estimate of drug-likeness (QED) is 0.787. The van der Waals surface area contributed by atoms with Crippen LogP contribution in [0.25, 0.3) is 0 Å². The highest BCUT2D eigenvalue weighted by Crippen LogP contribution is 2.23. The largest absolute Gasteiger partial charge is 0.481 e. The van der Waals surface area contributed by atoms with E-state index in [1.54, 1.807) is 16.8 Å². The fraction of sp³-hybridized carbons (Fsp3) is 0.818. The third-order valence-electron chi connectivity index (χ3n) is 3.09. The second kappa shape index (κ2) is 5.18. The lowest BCUT2D eigenvalue weighted by Gasteiger charge is -2.24. The van der Waals surface area contributed by atoms with Gasteiger partial charge in [-0.1, -0.05) is 13.8 Å². The molecule has 0 aromatic carbocycles. The Kier molecular flexibility index (Phi) is 4.15. The van der Waals surface area contributed by atoms with E-state index in [1.807, 2.05) is 13.8 Å². The van der Waals surface area contributed by atoms with Crippen LogP contribution in [0.4, 0.5) is 4.79 Å². The molecule has 16 heavy (non-hydrogen) atoms. The molecule has 1 fully saturated rings. The number of carbonyl (C=O) groups is 2. The molecule has 2 atom stereocenters.